The molecule has 0 atom stereocenters. The van der Waals surface area contributed by atoms with Crippen LogP contribution in [0.2, 0.25) is 0 Å². The average Bonchev–Trinajstić information content (AvgIpc) is 2.91. The quantitative estimate of drug-likeness (QED) is 0.235. The summed E-state index contributed by atoms with van der Waals surface area (Å²) in [6.07, 6.45) is 0.767. The van der Waals surface area contributed by atoms with E-state index >= 15 is 0 Å². The second kappa shape index (κ2) is 11.2. The van der Waals surface area contributed by atoms with Crippen LogP contribution in [0, 0.1) is 0 Å². The smallest absolute Gasteiger partial charge is 0.344 e. The number of methoxy groups -OCH3 is 1. The fourth-order valence-corrected chi connectivity index (χ4v) is 3.51. The van der Waals surface area contributed by atoms with E-state index in [0.29, 0.717) is 28.0 Å². The molecule has 7 heteroatoms. The molecule has 0 aliphatic heterocycles. The van der Waals surface area contributed by atoms with Crippen molar-refractivity contribution in [2.45, 2.75) is 13.3 Å². The normalized spacial score (nSPS) is 10.7. The zero-order valence-corrected chi connectivity index (χ0v) is 19.6. The first-order chi connectivity index (χ1) is 17.1. The molecule has 1 aromatic heterocycles. The van der Waals surface area contributed by atoms with Gasteiger partial charge in [-0.15, -0.1) is 0 Å². The molecule has 0 saturated carbocycles. The van der Waals surface area contributed by atoms with Gasteiger partial charge in [0.1, 0.15) is 30.3 Å². The molecule has 0 amide bonds. The Morgan fingerprint density at radius 1 is 0.886 bits per heavy atom. The van der Waals surface area contributed by atoms with Gasteiger partial charge >= 0.3 is 5.97 Å². The maximum absolute atomic E-state index is 13.4. The van der Waals surface area contributed by atoms with Crippen molar-refractivity contribution < 1.29 is 28.2 Å². The Hall–Kier alpha value is -4.26. The lowest BCUT2D eigenvalue weighted by Gasteiger charge is -2.12. The predicted octanol–water partition coefficient (Wildman–Crippen LogP) is 5.03. The number of hydrogen-bond donors (Lipinski definition) is 0. The van der Waals surface area contributed by atoms with Gasteiger partial charge in [-0.05, 0) is 60.5 Å². The highest BCUT2D eigenvalue weighted by Gasteiger charge is 2.19. The van der Waals surface area contributed by atoms with Crippen LogP contribution >= 0.6 is 0 Å². The summed E-state index contributed by atoms with van der Waals surface area (Å²) in [4.78, 5) is 25.6. The highest BCUT2D eigenvalue weighted by Crippen LogP contribution is 2.32. The van der Waals surface area contributed by atoms with Crippen molar-refractivity contribution in [1.29, 1.82) is 0 Å². The number of para-hydroxylation sites is 1. The number of carbonyl (C=O) groups is 1. The third-order valence-electron chi connectivity index (χ3n) is 5.37. The number of ether oxygens (including phenoxy) is 4. The van der Waals surface area contributed by atoms with Crippen molar-refractivity contribution in [2.24, 2.45) is 0 Å². The molecular formula is C28H26O7. The summed E-state index contributed by atoms with van der Waals surface area (Å²) in [6, 6.07) is 21.7. The van der Waals surface area contributed by atoms with Crippen LogP contribution in [0.1, 0.15) is 12.5 Å². The first-order valence-corrected chi connectivity index (χ1v) is 11.3. The Morgan fingerprint density at radius 3 is 2.37 bits per heavy atom. The molecule has 0 saturated heterocycles. The summed E-state index contributed by atoms with van der Waals surface area (Å²) in [6.45, 7) is 1.81. The van der Waals surface area contributed by atoms with Gasteiger partial charge in [-0.3, -0.25) is 4.79 Å². The third-order valence-corrected chi connectivity index (χ3v) is 5.37. The van der Waals surface area contributed by atoms with Gasteiger partial charge in [0.25, 0.3) is 0 Å². The van der Waals surface area contributed by atoms with Crippen LogP contribution in [0.15, 0.2) is 82.0 Å². The highest BCUT2D eigenvalue weighted by molar-refractivity contribution is 5.83. The van der Waals surface area contributed by atoms with E-state index < -0.39 is 12.6 Å². The Morgan fingerprint density at radius 2 is 1.66 bits per heavy atom. The van der Waals surface area contributed by atoms with E-state index in [2.05, 4.69) is 0 Å². The number of esters is 1. The number of hydrogen-bond acceptors (Lipinski definition) is 7. The van der Waals surface area contributed by atoms with Gasteiger partial charge in [0.05, 0.1) is 12.5 Å². The fraction of sp³-hybridized carbons (Fsp3) is 0.214. The monoisotopic (exact) mass is 474 g/mol. The van der Waals surface area contributed by atoms with Crippen LogP contribution in [0.4, 0.5) is 0 Å². The fourth-order valence-electron chi connectivity index (χ4n) is 3.51. The maximum Gasteiger partial charge on any atom is 0.344 e. The summed E-state index contributed by atoms with van der Waals surface area (Å²) in [5.41, 5.74) is 1.69. The Kier molecular flexibility index (Phi) is 7.67. The number of fused-ring (bicyclic) bond motifs is 1. The molecule has 0 spiro atoms. The number of carbonyl (C=O) groups excluding carboxylic acids is 1. The number of benzene rings is 3. The van der Waals surface area contributed by atoms with Gasteiger partial charge in [0.2, 0.25) is 11.2 Å². The van der Waals surface area contributed by atoms with Gasteiger partial charge in [-0.1, -0.05) is 31.2 Å². The zero-order valence-electron chi connectivity index (χ0n) is 19.6. The van der Waals surface area contributed by atoms with Gasteiger partial charge in [-0.25, -0.2) is 4.79 Å². The van der Waals surface area contributed by atoms with Crippen molar-refractivity contribution in [3.63, 3.8) is 0 Å². The lowest BCUT2D eigenvalue weighted by Crippen LogP contribution is -2.21. The molecule has 0 fully saturated rings. The topological polar surface area (TPSA) is 84.2 Å². The van der Waals surface area contributed by atoms with Crippen LogP contribution in [-0.2, 0) is 16.0 Å². The van der Waals surface area contributed by atoms with Crippen molar-refractivity contribution in [2.75, 3.05) is 26.9 Å². The van der Waals surface area contributed by atoms with Gasteiger partial charge in [-0.2, -0.15) is 0 Å². The first-order valence-electron chi connectivity index (χ1n) is 11.3. The van der Waals surface area contributed by atoms with Crippen molar-refractivity contribution in [3.05, 3.63) is 88.6 Å². The average molecular weight is 475 g/mol. The van der Waals surface area contributed by atoms with E-state index in [9.17, 15) is 9.59 Å². The molecule has 35 heavy (non-hydrogen) atoms. The zero-order chi connectivity index (χ0) is 24.6. The number of aryl methyl sites for hydroxylation is 1. The molecule has 0 unspecified atom stereocenters. The molecule has 0 N–H and O–H groups in total. The van der Waals surface area contributed by atoms with Gasteiger partial charge in [0, 0.05) is 5.56 Å². The van der Waals surface area contributed by atoms with E-state index in [1.165, 1.54) is 0 Å². The SMILES string of the molecule is CCc1ccc2oc(-c3ccc(OC)cc3)c(OCC(=O)OCCOc3ccccc3)c(=O)c2c1. The molecular weight excluding hydrogens is 448 g/mol. The molecule has 180 valence electrons. The maximum atomic E-state index is 13.4. The summed E-state index contributed by atoms with van der Waals surface area (Å²) in [7, 11) is 1.57. The summed E-state index contributed by atoms with van der Waals surface area (Å²) >= 11 is 0. The summed E-state index contributed by atoms with van der Waals surface area (Å²) in [5.74, 6) is 0.907. The third kappa shape index (κ3) is 5.81. The van der Waals surface area contributed by atoms with Gasteiger partial charge < -0.3 is 23.4 Å². The van der Waals surface area contributed by atoms with Crippen molar-refractivity contribution >= 4 is 16.9 Å². The van der Waals surface area contributed by atoms with Crippen LogP contribution in [0.3, 0.4) is 0 Å². The van der Waals surface area contributed by atoms with Crippen LogP contribution in [0.25, 0.3) is 22.3 Å². The molecule has 4 rings (SSSR count). The Balaban J connectivity index is 1.52. The van der Waals surface area contributed by atoms with Crippen LogP contribution in [-0.4, -0.2) is 32.9 Å². The number of rotatable bonds is 10. The molecule has 0 aliphatic rings. The van der Waals surface area contributed by atoms with E-state index in [1.807, 2.05) is 43.3 Å². The van der Waals surface area contributed by atoms with Gasteiger partial charge in [0.15, 0.2) is 12.4 Å². The second-order valence-electron chi connectivity index (χ2n) is 7.67. The second-order valence-corrected chi connectivity index (χ2v) is 7.67. The highest BCUT2D eigenvalue weighted by atomic mass is 16.6. The Labute approximate surface area is 202 Å². The van der Waals surface area contributed by atoms with E-state index in [-0.39, 0.29) is 30.2 Å². The lowest BCUT2D eigenvalue weighted by molar-refractivity contribution is -0.146. The Bertz CT molecular complexity index is 1340. The molecule has 0 radical (unpaired) electrons. The molecule has 7 nitrogen and oxygen atoms in total. The summed E-state index contributed by atoms with van der Waals surface area (Å²) in [5, 5.41) is 0.390. The molecule has 0 bridgehead atoms. The minimum absolute atomic E-state index is 0.0478. The minimum atomic E-state index is -0.621. The molecule has 4 aromatic rings. The van der Waals surface area contributed by atoms with Crippen LogP contribution < -0.4 is 19.6 Å². The first kappa shape index (κ1) is 23.9. The lowest BCUT2D eigenvalue weighted by atomic mass is 10.1. The summed E-state index contributed by atoms with van der Waals surface area (Å²) < 4.78 is 27.7. The van der Waals surface area contributed by atoms with E-state index in [0.717, 1.165) is 12.0 Å². The van der Waals surface area contributed by atoms with E-state index in [4.69, 9.17) is 23.4 Å². The van der Waals surface area contributed by atoms with Crippen LogP contribution in [0.5, 0.6) is 17.2 Å². The molecule has 1 heterocycles. The van der Waals surface area contributed by atoms with E-state index in [1.54, 1.807) is 43.5 Å². The largest absolute Gasteiger partial charge is 0.497 e. The predicted molar refractivity (Wildman–Crippen MR) is 132 cm³/mol. The van der Waals surface area contributed by atoms with Crippen molar-refractivity contribution in [1.82, 2.24) is 0 Å². The molecule has 3 aromatic carbocycles. The molecule has 0 aliphatic carbocycles. The standard InChI is InChI=1S/C28H26O7/c1-3-19-9-14-24-23(17-19)26(30)28(27(35-24)20-10-12-21(31-2)13-11-20)34-18-25(29)33-16-15-32-22-7-5-4-6-8-22/h4-14,17H,3,15-16,18H2,1-2H3. The minimum Gasteiger partial charge on any atom is -0.497 e. The van der Waals surface area contributed by atoms with Crippen molar-refractivity contribution in [3.8, 4) is 28.6 Å².